The van der Waals surface area contributed by atoms with E-state index in [1.54, 1.807) is 13.8 Å². The molecule has 0 atom stereocenters. The molecular formula is C12H24N2O4. The summed E-state index contributed by atoms with van der Waals surface area (Å²) in [4.78, 5) is 23.6. The number of hydrogen-bond donors (Lipinski definition) is 2. The quantitative estimate of drug-likeness (QED) is 0.613. The first kappa shape index (κ1) is 16.7. The first-order chi connectivity index (χ1) is 8.49. The third-order valence-electron chi connectivity index (χ3n) is 2.28. The minimum atomic E-state index is -1.01. The van der Waals surface area contributed by atoms with Gasteiger partial charge >= 0.3 is 12.0 Å². The maximum Gasteiger partial charge on any atom is 0.323 e. The SMILES string of the molecule is CCCOCCCNC(=O)N(CC(=O)O)C(C)C. The number of rotatable bonds is 9. The fourth-order valence-corrected chi connectivity index (χ4v) is 1.35. The molecule has 106 valence electrons. The third kappa shape index (κ3) is 7.89. The number of amides is 2. The van der Waals surface area contributed by atoms with Crippen LogP contribution in [0.15, 0.2) is 0 Å². The number of carboxylic acid groups (broad SMARTS) is 1. The number of nitrogens with zero attached hydrogens (tertiary/aromatic N) is 1. The van der Waals surface area contributed by atoms with Gasteiger partial charge in [-0.1, -0.05) is 6.92 Å². The molecule has 6 nitrogen and oxygen atoms in total. The van der Waals surface area contributed by atoms with Gasteiger partial charge in [0, 0.05) is 25.8 Å². The van der Waals surface area contributed by atoms with Crippen LogP contribution in [0, 0.1) is 0 Å². The Hall–Kier alpha value is -1.30. The Morgan fingerprint density at radius 1 is 1.33 bits per heavy atom. The van der Waals surface area contributed by atoms with E-state index < -0.39 is 5.97 Å². The number of carbonyl (C=O) groups is 2. The maximum atomic E-state index is 11.7. The fraction of sp³-hybridized carbons (Fsp3) is 0.833. The van der Waals surface area contributed by atoms with Crippen molar-refractivity contribution < 1.29 is 19.4 Å². The van der Waals surface area contributed by atoms with Gasteiger partial charge in [-0.05, 0) is 26.7 Å². The highest BCUT2D eigenvalue weighted by atomic mass is 16.5. The van der Waals surface area contributed by atoms with E-state index in [1.807, 2.05) is 6.92 Å². The molecule has 0 aliphatic heterocycles. The number of aliphatic carboxylic acids is 1. The predicted octanol–water partition coefficient (Wildman–Crippen LogP) is 1.31. The smallest absolute Gasteiger partial charge is 0.323 e. The average molecular weight is 260 g/mol. The summed E-state index contributed by atoms with van der Waals surface area (Å²) in [5, 5.41) is 11.4. The van der Waals surface area contributed by atoms with Crippen molar-refractivity contribution in [3.05, 3.63) is 0 Å². The van der Waals surface area contributed by atoms with Crippen molar-refractivity contribution in [1.82, 2.24) is 10.2 Å². The van der Waals surface area contributed by atoms with E-state index in [9.17, 15) is 9.59 Å². The molecule has 6 heteroatoms. The van der Waals surface area contributed by atoms with Crippen LogP contribution >= 0.6 is 0 Å². The predicted molar refractivity (Wildman–Crippen MR) is 68.6 cm³/mol. The van der Waals surface area contributed by atoms with Crippen molar-refractivity contribution >= 4 is 12.0 Å². The minimum Gasteiger partial charge on any atom is -0.480 e. The molecule has 0 saturated heterocycles. The molecule has 0 unspecified atom stereocenters. The zero-order valence-corrected chi connectivity index (χ0v) is 11.4. The maximum absolute atomic E-state index is 11.7. The highest BCUT2D eigenvalue weighted by molar-refractivity contribution is 5.80. The van der Waals surface area contributed by atoms with E-state index in [0.717, 1.165) is 19.4 Å². The molecule has 2 amide bonds. The van der Waals surface area contributed by atoms with Gasteiger partial charge < -0.3 is 20.1 Å². The molecule has 0 bridgehead atoms. The van der Waals surface area contributed by atoms with Crippen LogP contribution in [0.4, 0.5) is 4.79 Å². The number of urea groups is 1. The molecule has 0 aliphatic rings. The van der Waals surface area contributed by atoms with Gasteiger partial charge in [-0.25, -0.2) is 4.79 Å². The van der Waals surface area contributed by atoms with Gasteiger partial charge in [0.2, 0.25) is 0 Å². The minimum absolute atomic E-state index is 0.141. The standard InChI is InChI=1S/C12H24N2O4/c1-4-7-18-8-5-6-13-12(17)14(10(2)3)9-11(15)16/h10H,4-9H2,1-3H3,(H,13,17)(H,15,16). The number of nitrogens with one attached hydrogen (secondary N) is 1. The molecule has 0 saturated carbocycles. The van der Waals surface area contributed by atoms with Gasteiger partial charge in [0.05, 0.1) is 0 Å². The second kappa shape index (κ2) is 9.70. The van der Waals surface area contributed by atoms with E-state index in [4.69, 9.17) is 9.84 Å². The Morgan fingerprint density at radius 3 is 2.50 bits per heavy atom. The van der Waals surface area contributed by atoms with Gasteiger partial charge in [0.25, 0.3) is 0 Å². The lowest BCUT2D eigenvalue weighted by molar-refractivity contribution is -0.138. The summed E-state index contributed by atoms with van der Waals surface area (Å²) >= 11 is 0. The molecule has 0 aliphatic carbocycles. The van der Waals surface area contributed by atoms with E-state index in [-0.39, 0.29) is 18.6 Å². The summed E-state index contributed by atoms with van der Waals surface area (Å²) < 4.78 is 5.28. The van der Waals surface area contributed by atoms with Crippen LogP contribution in [0.5, 0.6) is 0 Å². The summed E-state index contributed by atoms with van der Waals surface area (Å²) in [6, 6.07) is -0.486. The molecule has 2 N–H and O–H groups in total. The van der Waals surface area contributed by atoms with Crippen LogP contribution in [0.3, 0.4) is 0 Å². The van der Waals surface area contributed by atoms with Gasteiger partial charge in [0.1, 0.15) is 6.54 Å². The highest BCUT2D eigenvalue weighted by Crippen LogP contribution is 1.98. The van der Waals surface area contributed by atoms with E-state index in [1.165, 1.54) is 4.90 Å². The Kier molecular flexibility index (Phi) is 9.00. The monoisotopic (exact) mass is 260 g/mol. The van der Waals surface area contributed by atoms with Crippen LogP contribution in [0.1, 0.15) is 33.6 Å². The van der Waals surface area contributed by atoms with E-state index in [2.05, 4.69) is 5.32 Å². The topological polar surface area (TPSA) is 78.9 Å². The van der Waals surface area contributed by atoms with Crippen molar-refractivity contribution in [3.8, 4) is 0 Å². The number of carbonyl (C=O) groups excluding carboxylic acids is 1. The zero-order valence-electron chi connectivity index (χ0n) is 11.4. The molecule has 0 aromatic heterocycles. The highest BCUT2D eigenvalue weighted by Gasteiger charge is 2.18. The molecular weight excluding hydrogens is 236 g/mol. The van der Waals surface area contributed by atoms with Crippen LogP contribution < -0.4 is 5.32 Å². The molecule has 18 heavy (non-hydrogen) atoms. The van der Waals surface area contributed by atoms with Crippen molar-refractivity contribution in [2.75, 3.05) is 26.3 Å². The first-order valence-corrected chi connectivity index (χ1v) is 6.33. The number of ether oxygens (including phenoxy) is 1. The second-order valence-corrected chi connectivity index (χ2v) is 4.31. The summed E-state index contributed by atoms with van der Waals surface area (Å²) in [6.45, 7) is 7.15. The average Bonchev–Trinajstić information content (AvgIpc) is 2.29. The Bertz CT molecular complexity index is 256. The van der Waals surface area contributed by atoms with Crippen LogP contribution in [0.25, 0.3) is 0 Å². The van der Waals surface area contributed by atoms with E-state index >= 15 is 0 Å². The number of hydrogen-bond acceptors (Lipinski definition) is 3. The van der Waals surface area contributed by atoms with Gasteiger partial charge in [-0.15, -0.1) is 0 Å². The Labute approximate surface area is 108 Å². The van der Waals surface area contributed by atoms with Crippen molar-refractivity contribution in [1.29, 1.82) is 0 Å². The molecule has 0 fully saturated rings. The van der Waals surface area contributed by atoms with Gasteiger partial charge in [-0.2, -0.15) is 0 Å². The molecule has 0 radical (unpaired) electrons. The fourth-order valence-electron chi connectivity index (χ4n) is 1.35. The van der Waals surface area contributed by atoms with E-state index in [0.29, 0.717) is 13.2 Å². The Balaban J connectivity index is 3.85. The summed E-state index contributed by atoms with van der Waals surface area (Å²) in [5.74, 6) is -1.01. The third-order valence-corrected chi connectivity index (χ3v) is 2.28. The molecule has 0 aromatic carbocycles. The second-order valence-electron chi connectivity index (χ2n) is 4.31. The van der Waals surface area contributed by atoms with Gasteiger partial charge in [-0.3, -0.25) is 4.79 Å². The molecule has 0 heterocycles. The Morgan fingerprint density at radius 2 is 2.00 bits per heavy atom. The van der Waals surface area contributed by atoms with Crippen molar-refractivity contribution in [2.24, 2.45) is 0 Å². The molecule has 0 rings (SSSR count). The lowest BCUT2D eigenvalue weighted by Gasteiger charge is -2.25. The van der Waals surface area contributed by atoms with Crippen molar-refractivity contribution in [2.45, 2.75) is 39.7 Å². The lowest BCUT2D eigenvalue weighted by atomic mass is 10.3. The largest absolute Gasteiger partial charge is 0.480 e. The van der Waals surface area contributed by atoms with Crippen molar-refractivity contribution in [3.63, 3.8) is 0 Å². The van der Waals surface area contributed by atoms with Crippen LogP contribution in [-0.2, 0) is 9.53 Å². The molecule has 0 spiro atoms. The number of carboxylic acids is 1. The zero-order chi connectivity index (χ0) is 14.0. The molecule has 0 aromatic rings. The van der Waals surface area contributed by atoms with Crippen LogP contribution in [0.2, 0.25) is 0 Å². The first-order valence-electron chi connectivity index (χ1n) is 6.33. The van der Waals surface area contributed by atoms with Crippen LogP contribution in [-0.4, -0.2) is 54.4 Å². The normalized spacial score (nSPS) is 10.4. The lowest BCUT2D eigenvalue weighted by Crippen LogP contribution is -2.46. The van der Waals surface area contributed by atoms with Gasteiger partial charge in [0.15, 0.2) is 0 Å². The summed E-state index contributed by atoms with van der Waals surface area (Å²) in [5.41, 5.74) is 0. The summed E-state index contributed by atoms with van der Waals surface area (Å²) in [6.07, 6.45) is 1.71. The summed E-state index contributed by atoms with van der Waals surface area (Å²) in [7, 11) is 0.